The Bertz CT molecular complexity index is 864. The number of rotatable bonds is 3. The Hall–Kier alpha value is -3.68. The quantitative estimate of drug-likeness (QED) is 0.640. The van der Waals surface area contributed by atoms with Crippen LogP contribution in [0.2, 0.25) is 0 Å². The summed E-state index contributed by atoms with van der Waals surface area (Å²) in [4.78, 5) is 47.8. The number of carbonyl (C=O) groups is 4. The minimum Gasteiger partial charge on any atom is -0.545 e. The maximum absolute atomic E-state index is 12.5. The number of amides is 4. The summed E-state index contributed by atoms with van der Waals surface area (Å²) in [6.45, 7) is 0. The van der Waals surface area contributed by atoms with E-state index in [1.54, 1.807) is 12.1 Å². The summed E-state index contributed by atoms with van der Waals surface area (Å²) in [5.74, 6) is -2.80. The molecule has 0 saturated carbocycles. The van der Waals surface area contributed by atoms with Crippen LogP contribution in [-0.4, -0.2) is 23.8 Å². The van der Waals surface area contributed by atoms with E-state index in [1.165, 1.54) is 36.6 Å². The molecular weight excluding hydrogens is 316 g/mol. The Morgan fingerprint density at radius 1 is 1.12 bits per heavy atom. The van der Waals surface area contributed by atoms with Crippen molar-refractivity contribution in [3.63, 3.8) is 0 Å². The summed E-state index contributed by atoms with van der Waals surface area (Å²) in [7, 11) is 0. The molecule has 1 saturated heterocycles. The van der Waals surface area contributed by atoms with Gasteiger partial charge in [-0.1, -0.05) is 12.1 Å². The van der Waals surface area contributed by atoms with E-state index in [9.17, 15) is 24.3 Å². The van der Waals surface area contributed by atoms with Crippen LogP contribution in [0, 0.1) is 0 Å². The van der Waals surface area contributed by atoms with Crippen molar-refractivity contribution in [1.82, 2.24) is 5.32 Å². The fraction of sp³-hybridized carbons (Fsp3) is 0. The standard InChI is InChI=1S/C16H10N2O6/c19-13-12(8-11-2-1-7-24-11)14(20)18(16(23)17-13)10-5-3-9(4-6-10)15(21)22/h1-8H,(H,21,22)(H,17,19,23)/p-1/b12-8+. The molecule has 120 valence electrons. The number of barbiturate groups is 1. The fourth-order valence-electron chi connectivity index (χ4n) is 2.15. The van der Waals surface area contributed by atoms with Gasteiger partial charge in [0.05, 0.1) is 17.9 Å². The van der Waals surface area contributed by atoms with E-state index < -0.39 is 23.8 Å². The van der Waals surface area contributed by atoms with Crippen molar-refractivity contribution in [3.05, 3.63) is 59.6 Å². The molecule has 8 heteroatoms. The zero-order chi connectivity index (χ0) is 17.3. The molecule has 0 bridgehead atoms. The molecule has 8 nitrogen and oxygen atoms in total. The number of hydrogen-bond donors (Lipinski definition) is 1. The SMILES string of the molecule is O=C1NC(=O)N(c2ccc(C(=O)[O-])cc2)C(=O)/C1=C/c1ccco1. The zero-order valence-electron chi connectivity index (χ0n) is 12.0. The first-order chi connectivity index (χ1) is 11.5. The number of carboxylic acid groups (broad SMARTS) is 1. The fourth-order valence-corrected chi connectivity index (χ4v) is 2.15. The van der Waals surface area contributed by atoms with Crippen molar-refractivity contribution >= 4 is 35.6 Å². The maximum Gasteiger partial charge on any atom is 0.335 e. The Kier molecular flexibility index (Phi) is 3.70. The average molecular weight is 325 g/mol. The van der Waals surface area contributed by atoms with Gasteiger partial charge in [-0.2, -0.15) is 0 Å². The Morgan fingerprint density at radius 2 is 1.83 bits per heavy atom. The highest BCUT2D eigenvalue weighted by molar-refractivity contribution is 6.39. The van der Waals surface area contributed by atoms with Crippen LogP contribution in [0.15, 0.2) is 52.7 Å². The van der Waals surface area contributed by atoms with Crippen LogP contribution < -0.4 is 15.3 Å². The van der Waals surface area contributed by atoms with E-state index in [4.69, 9.17) is 4.42 Å². The molecular formula is C16H9N2O6-. The first kappa shape index (κ1) is 15.2. The lowest BCUT2D eigenvalue weighted by Gasteiger charge is -2.26. The van der Waals surface area contributed by atoms with Crippen molar-refractivity contribution in [1.29, 1.82) is 0 Å². The van der Waals surface area contributed by atoms with Gasteiger partial charge in [-0.3, -0.25) is 14.9 Å². The average Bonchev–Trinajstić information content (AvgIpc) is 3.05. The molecule has 0 atom stereocenters. The third-order valence-electron chi connectivity index (χ3n) is 3.29. The van der Waals surface area contributed by atoms with Crippen LogP contribution in [0.1, 0.15) is 16.1 Å². The second-order valence-electron chi connectivity index (χ2n) is 4.81. The first-order valence-corrected chi connectivity index (χ1v) is 6.74. The van der Waals surface area contributed by atoms with Crippen molar-refractivity contribution < 1.29 is 28.7 Å². The number of nitrogens with zero attached hydrogens (tertiary/aromatic N) is 1. The Morgan fingerprint density at radius 3 is 2.42 bits per heavy atom. The van der Waals surface area contributed by atoms with Gasteiger partial charge in [-0.25, -0.2) is 9.69 Å². The highest BCUT2D eigenvalue weighted by Gasteiger charge is 2.36. The molecule has 0 aliphatic carbocycles. The molecule has 2 aromatic rings. The van der Waals surface area contributed by atoms with Crippen LogP contribution >= 0.6 is 0 Å². The lowest BCUT2D eigenvalue weighted by atomic mass is 10.1. The predicted molar refractivity (Wildman–Crippen MR) is 78.5 cm³/mol. The van der Waals surface area contributed by atoms with Gasteiger partial charge in [-0.15, -0.1) is 0 Å². The van der Waals surface area contributed by atoms with E-state index in [-0.39, 0.29) is 22.6 Å². The number of aromatic carboxylic acids is 1. The predicted octanol–water partition coefficient (Wildman–Crippen LogP) is 0.309. The molecule has 1 aromatic heterocycles. The number of imide groups is 2. The summed E-state index contributed by atoms with van der Waals surface area (Å²) < 4.78 is 5.06. The van der Waals surface area contributed by atoms with Crippen LogP contribution in [0.25, 0.3) is 6.08 Å². The molecule has 1 aliphatic rings. The van der Waals surface area contributed by atoms with Gasteiger partial charge in [0.25, 0.3) is 11.8 Å². The van der Waals surface area contributed by atoms with Gasteiger partial charge in [0.15, 0.2) is 0 Å². The Balaban J connectivity index is 1.98. The second kappa shape index (κ2) is 5.84. The number of hydrogen-bond acceptors (Lipinski definition) is 6. The third kappa shape index (κ3) is 2.68. The zero-order valence-corrected chi connectivity index (χ0v) is 12.0. The maximum atomic E-state index is 12.5. The van der Waals surface area contributed by atoms with Crippen molar-refractivity contribution in [2.45, 2.75) is 0 Å². The number of furan rings is 1. The van der Waals surface area contributed by atoms with E-state index in [1.807, 2.05) is 5.32 Å². The van der Waals surface area contributed by atoms with Gasteiger partial charge in [0.2, 0.25) is 0 Å². The molecule has 1 aliphatic heterocycles. The van der Waals surface area contributed by atoms with Crippen molar-refractivity contribution in [2.24, 2.45) is 0 Å². The van der Waals surface area contributed by atoms with Crippen molar-refractivity contribution in [3.8, 4) is 0 Å². The smallest absolute Gasteiger partial charge is 0.335 e. The van der Waals surface area contributed by atoms with E-state index in [2.05, 4.69) is 0 Å². The summed E-state index contributed by atoms with van der Waals surface area (Å²) in [5, 5.41) is 12.8. The third-order valence-corrected chi connectivity index (χ3v) is 3.29. The van der Waals surface area contributed by atoms with E-state index in [0.717, 1.165) is 4.90 Å². The van der Waals surface area contributed by atoms with Crippen LogP contribution in [0.3, 0.4) is 0 Å². The number of benzene rings is 1. The van der Waals surface area contributed by atoms with Crippen LogP contribution in [0.4, 0.5) is 10.5 Å². The molecule has 1 N–H and O–H groups in total. The van der Waals surface area contributed by atoms with Crippen molar-refractivity contribution in [2.75, 3.05) is 4.90 Å². The number of carbonyl (C=O) groups excluding carboxylic acids is 4. The van der Waals surface area contributed by atoms with Crippen LogP contribution in [0.5, 0.6) is 0 Å². The topological polar surface area (TPSA) is 120 Å². The molecule has 24 heavy (non-hydrogen) atoms. The largest absolute Gasteiger partial charge is 0.545 e. The number of urea groups is 1. The van der Waals surface area contributed by atoms with Gasteiger partial charge in [-0.05, 0) is 35.9 Å². The highest BCUT2D eigenvalue weighted by atomic mass is 16.4. The normalized spacial score (nSPS) is 16.4. The Labute approximate surface area is 135 Å². The number of anilines is 1. The van der Waals surface area contributed by atoms with Gasteiger partial charge >= 0.3 is 6.03 Å². The first-order valence-electron chi connectivity index (χ1n) is 6.74. The monoisotopic (exact) mass is 325 g/mol. The summed E-state index contributed by atoms with van der Waals surface area (Å²) in [6, 6.07) is 7.12. The molecule has 2 heterocycles. The number of carboxylic acids is 1. The highest BCUT2D eigenvalue weighted by Crippen LogP contribution is 2.22. The molecule has 0 unspecified atom stereocenters. The number of nitrogens with one attached hydrogen (secondary N) is 1. The second-order valence-corrected chi connectivity index (χ2v) is 4.81. The lowest BCUT2D eigenvalue weighted by molar-refractivity contribution is -0.255. The molecule has 0 spiro atoms. The summed E-state index contributed by atoms with van der Waals surface area (Å²) in [5.41, 5.74) is -0.278. The minimum absolute atomic E-state index is 0.106. The van der Waals surface area contributed by atoms with Gasteiger partial charge < -0.3 is 14.3 Å². The molecule has 3 rings (SSSR count). The lowest BCUT2D eigenvalue weighted by Crippen LogP contribution is -2.54. The molecule has 0 radical (unpaired) electrons. The summed E-state index contributed by atoms with van der Waals surface area (Å²) >= 11 is 0. The van der Waals surface area contributed by atoms with Gasteiger partial charge in [0, 0.05) is 0 Å². The molecule has 4 amide bonds. The van der Waals surface area contributed by atoms with E-state index >= 15 is 0 Å². The molecule has 1 fully saturated rings. The minimum atomic E-state index is -1.38. The van der Waals surface area contributed by atoms with Crippen LogP contribution in [-0.2, 0) is 9.59 Å². The van der Waals surface area contributed by atoms with Gasteiger partial charge in [0.1, 0.15) is 11.3 Å². The van der Waals surface area contributed by atoms with E-state index in [0.29, 0.717) is 0 Å². The molecule has 1 aromatic carbocycles. The summed E-state index contributed by atoms with van der Waals surface area (Å²) in [6.07, 6.45) is 2.59.